The number of hydrogen-bond acceptors (Lipinski definition) is 2. The molecule has 2 rings (SSSR count). The minimum atomic E-state index is -0.360. The smallest absolute Gasteiger partial charge is 0.228 e. The molecule has 1 fully saturated rings. The molecule has 0 aliphatic carbocycles. The molecule has 1 aromatic rings. The van der Waals surface area contributed by atoms with E-state index in [-0.39, 0.29) is 17.4 Å². The molecule has 1 saturated heterocycles. The van der Waals surface area contributed by atoms with Crippen LogP contribution >= 0.6 is 0 Å². The van der Waals surface area contributed by atoms with E-state index < -0.39 is 0 Å². The van der Waals surface area contributed by atoms with Gasteiger partial charge in [0, 0.05) is 24.5 Å². The molecule has 1 aromatic carbocycles. The molecule has 3 nitrogen and oxygen atoms in total. The summed E-state index contributed by atoms with van der Waals surface area (Å²) in [6.07, 6.45) is 2.99. The van der Waals surface area contributed by atoms with Crippen molar-refractivity contribution in [2.45, 2.75) is 46.1 Å². The summed E-state index contributed by atoms with van der Waals surface area (Å²) in [7, 11) is 0. The van der Waals surface area contributed by atoms with Crippen LogP contribution in [0.4, 0.5) is 0 Å². The molecule has 1 aliphatic rings. The van der Waals surface area contributed by atoms with E-state index in [9.17, 15) is 4.79 Å². The maximum atomic E-state index is 12.9. The van der Waals surface area contributed by atoms with Crippen LogP contribution in [0.3, 0.4) is 0 Å². The second kappa shape index (κ2) is 6.61. The molecule has 116 valence electrons. The van der Waals surface area contributed by atoms with Crippen LogP contribution in [0.2, 0.25) is 0 Å². The number of carbonyl (C=O) groups is 1. The Labute approximate surface area is 128 Å². The normalized spacial score (nSPS) is 21.1. The highest BCUT2D eigenvalue weighted by atomic mass is 16.2. The first-order chi connectivity index (χ1) is 9.90. The minimum absolute atomic E-state index is 0.165. The van der Waals surface area contributed by atoms with E-state index in [0.717, 1.165) is 32.4 Å². The number of benzene rings is 1. The minimum Gasteiger partial charge on any atom is -0.342 e. The second-order valence-electron chi connectivity index (χ2n) is 7.06. The van der Waals surface area contributed by atoms with Gasteiger partial charge in [0.15, 0.2) is 0 Å². The summed E-state index contributed by atoms with van der Waals surface area (Å²) in [5.74, 6) is 0.701. The van der Waals surface area contributed by atoms with E-state index in [1.54, 1.807) is 0 Å². The highest BCUT2D eigenvalue weighted by Crippen LogP contribution is 2.28. The molecule has 0 aromatic heterocycles. The van der Waals surface area contributed by atoms with Crippen LogP contribution < -0.4 is 5.73 Å². The maximum Gasteiger partial charge on any atom is 0.228 e. The standard InChI is InChI=1S/C18H28N2O/c1-14(19)16-10-7-11-20(13-16)17(21)18(2,3)12-15-8-5-4-6-9-15/h4-6,8-9,14,16H,7,10-13,19H2,1-3H3. The lowest BCUT2D eigenvalue weighted by Crippen LogP contribution is -2.49. The van der Waals surface area contributed by atoms with E-state index in [1.807, 2.05) is 30.0 Å². The lowest BCUT2D eigenvalue weighted by Gasteiger charge is -2.39. The summed E-state index contributed by atoms with van der Waals surface area (Å²) >= 11 is 0. The van der Waals surface area contributed by atoms with E-state index in [4.69, 9.17) is 5.73 Å². The SMILES string of the molecule is CC(N)C1CCCN(C(=O)C(C)(C)Cc2ccccc2)C1. The number of piperidine rings is 1. The predicted molar refractivity (Wildman–Crippen MR) is 86.9 cm³/mol. The Bertz CT molecular complexity index is 467. The Hall–Kier alpha value is -1.35. The Kier molecular flexibility index (Phi) is 5.04. The van der Waals surface area contributed by atoms with E-state index >= 15 is 0 Å². The molecule has 1 amide bonds. The summed E-state index contributed by atoms with van der Waals surface area (Å²) in [5.41, 5.74) is 6.88. The molecule has 2 unspecified atom stereocenters. The van der Waals surface area contributed by atoms with Crippen molar-refractivity contribution in [1.82, 2.24) is 4.90 Å². The first kappa shape index (κ1) is 16.0. The molecule has 2 atom stereocenters. The Morgan fingerprint density at radius 1 is 1.38 bits per heavy atom. The van der Waals surface area contributed by atoms with Crippen molar-refractivity contribution in [2.24, 2.45) is 17.1 Å². The van der Waals surface area contributed by atoms with Gasteiger partial charge in [0.2, 0.25) is 5.91 Å². The fourth-order valence-corrected chi connectivity index (χ4v) is 3.23. The van der Waals surface area contributed by atoms with Gasteiger partial charge in [0.05, 0.1) is 0 Å². The van der Waals surface area contributed by atoms with E-state index in [1.165, 1.54) is 5.56 Å². The molecule has 0 spiro atoms. The zero-order chi connectivity index (χ0) is 15.5. The lowest BCUT2D eigenvalue weighted by molar-refractivity contribution is -0.142. The van der Waals surface area contributed by atoms with Crippen LogP contribution in [0, 0.1) is 11.3 Å². The third kappa shape index (κ3) is 4.07. The number of nitrogens with zero attached hydrogens (tertiary/aromatic N) is 1. The van der Waals surface area contributed by atoms with Crippen LogP contribution in [0.1, 0.15) is 39.2 Å². The fourth-order valence-electron chi connectivity index (χ4n) is 3.23. The van der Waals surface area contributed by atoms with Crippen molar-refractivity contribution in [3.63, 3.8) is 0 Å². The number of amides is 1. The average molecular weight is 288 g/mol. The van der Waals surface area contributed by atoms with Gasteiger partial charge in [0.1, 0.15) is 0 Å². The summed E-state index contributed by atoms with van der Waals surface area (Å²) < 4.78 is 0. The molecule has 2 N–H and O–H groups in total. The molecule has 3 heteroatoms. The molecule has 0 radical (unpaired) electrons. The van der Waals surface area contributed by atoms with Crippen molar-refractivity contribution < 1.29 is 4.79 Å². The molecule has 0 bridgehead atoms. The van der Waals surface area contributed by atoms with E-state index in [2.05, 4.69) is 26.0 Å². The van der Waals surface area contributed by atoms with Gasteiger partial charge in [-0.2, -0.15) is 0 Å². The number of nitrogens with two attached hydrogens (primary N) is 1. The van der Waals surface area contributed by atoms with Gasteiger partial charge >= 0.3 is 0 Å². The largest absolute Gasteiger partial charge is 0.342 e. The number of rotatable bonds is 4. The zero-order valence-electron chi connectivity index (χ0n) is 13.5. The quantitative estimate of drug-likeness (QED) is 0.926. The molecule has 21 heavy (non-hydrogen) atoms. The molecular formula is C18H28N2O. The Morgan fingerprint density at radius 3 is 2.67 bits per heavy atom. The number of hydrogen-bond donors (Lipinski definition) is 1. The van der Waals surface area contributed by atoms with E-state index in [0.29, 0.717) is 5.92 Å². The summed E-state index contributed by atoms with van der Waals surface area (Å²) in [6.45, 7) is 7.85. The van der Waals surface area contributed by atoms with Gasteiger partial charge in [-0.15, -0.1) is 0 Å². The molecule has 1 aliphatic heterocycles. The maximum absolute atomic E-state index is 12.9. The summed E-state index contributed by atoms with van der Waals surface area (Å²) in [5, 5.41) is 0. The van der Waals surface area contributed by atoms with Gasteiger partial charge in [-0.05, 0) is 37.7 Å². The highest BCUT2D eigenvalue weighted by Gasteiger charge is 2.35. The van der Waals surface area contributed by atoms with Crippen molar-refractivity contribution >= 4 is 5.91 Å². The monoisotopic (exact) mass is 288 g/mol. The lowest BCUT2D eigenvalue weighted by atomic mass is 9.82. The zero-order valence-corrected chi connectivity index (χ0v) is 13.5. The molecule has 1 heterocycles. The van der Waals surface area contributed by atoms with Crippen molar-refractivity contribution in [2.75, 3.05) is 13.1 Å². The van der Waals surface area contributed by atoms with Crippen molar-refractivity contribution in [3.8, 4) is 0 Å². The third-order valence-corrected chi connectivity index (χ3v) is 4.56. The topological polar surface area (TPSA) is 46.3 Å². The number of carbonyl (C=O) groups excluding carboxylic acids is 1. The average Bonchev–Trinajstić information content (AvgIpc) is 2.47. The van der Waals surface area contributed by atoms with Gasteiger partial charge in [-0.3, -0.25) is 4.79 Å². The fraction of sp³-hybridized carbons (Fsp3) is 0.611. The third-order valence-electron chi connectivity index (χ3n) is 4.56. The van der Waals surface area contributed by atoms with Crippen molar-refractivity contribution in [1.29, 1.82) is 0 Å². The van der Waals surface area contributed by atoms with Crippen LogP contribution in [-0.4, -0.2) is 29.9 Å². The Balaban J connectivity index is 2.03. The predicted octanol–water partition coefficient (Wildman–Crippen LogP) is 2.84. The van der Waals surface area contributed by atoms with Gasteiger partial charge < -0.3 is 10.6 Å². The Morgan fingerprint density at radius 2 is 2.05 bits per heavy atom. The first-order valence-electron chi connectivity index (χ1n) is 7.99. The van der Waals surface area contributed by atoms with Crippen LogP contribution in [-0.2, 0) is 11.2 Å². The summed E-state index contributed by atoms with van der Waals surface area (Å²) in [6, 6.07) is 10.4. The van der Waals surface area contributed by atoms with Crippen LogP contribution in [0.5, 0.6) is 0 Å². The van der Waals surface area contributed by atoms with Crippen LogP contribution in [0.25, 0.3) is 0 Å². The van der Waals surface area contributed by atoms with Gasteiger partial charge in [-0.1, -0.05) is 44.2 Å². The summed E-state index contributed by atoms with van der Waals surface area (Å²) in [4.78, 5) is 14.9. The second-order valence-corrected chi connectivity index (χ2v) is 7.06. The van der Waals surface area contributed by atoms with Crippen molar-refractivity contribution in [3.05, 3.63) is 35.9 Å². The molecular weight excluding hydrogens is 260 g/mol. The highest BCUT2D eigenvalue weighted by molar-refractivity contribution is 5.82. The van der Waals surface area contributed by atoms with Crippen LogP contribution in [0.15, 0.2) is 30.3 Å². The van der Waals surface area contributed by atoms with Gasteiger partial charge in [-0.25, -0.2) is 0 Å². The molecule has 0 saturated carbocycles. The number of likely N-dealkylation sites (tertiary alicyclic amines) is 1. The first-order valence-corrected chi connectivity index (χ1v) is 7.99. The van der Waals surface area contributed by atoms with Gasteiger partial charge in [0.25, 0.3) is 0 Å².